The highest BCUT2D eigenvalue weighted by Gasteiger charge is 2.51. The minimum absolute atomic E-state index is 0.0997. The molecule has 1 aromatic carbocycles. The predicted molar refractivity (Wildman–Crippen MR) is 79.2 cm³/mol. The number of methoxy groups -OCH3 is 1. The largest absolute Gasteiger partial charge is 0.550 e. The zero-order chi connectivity index (χ0) is 15.9. The lowest BCUT2D eigenvalue weighted by molar-refractivity contribution is -0.314. The van der Waals surface area contributed by atoms with Crippen molar-refractivity contribution >= 4 is 17.6 Å². The first-order valence-corrected chi connectivity index (χ1v) is 7.67. The Balaban J connectivity index is 1.78. The van der Waals surface area contributed by atoms with Crippen LogP contribution in [0.4, 0.5) is 5.69 Å². The maximum absolute atomic E-state index is 12.6. The summed E-state index contributed by atoms with van der Waals surface area (Å²) in [7, 11) is 1.59. The molecule has 2 aliphatic rings. The number of rotatable bonds is 4. The summed E-state index contributed by atoms with van der Waals surface area (Å²) in [4.78, 5) is 24.0. The first-order valence-electron chi connectivity index (χ1n) is 7.67. The summed E-state index contributed by atoms with van der Waals surface area (Å²) < 4.78 is 5.14. The minimum atomic E-state index is -1.08. The third kappa shape index (κ3) is 2.45. The standard InChI is InChI=1S/C17H21NO4/c1-9-7-12(22-2)5-6-13(9)18-16(19)14-10-3-4-11(8-10)15(14)17(20)21/h5-7,10-11,14-15H,3-4,8H2,1-2H3,(H,18,19)(H,20,21)/p-1/t10-,11-,14+,15-/m0/s1. The Kier molecular flexibility index (Phi) is 3.81. The monoisotopic (exact) mass is 302 g/mol. The molecule has 118 valence electrons. The molecule has 2 bridgehead atoms. The van der Waals surface area contributed by atoms with Crippen LogP contribution in [0.15, 0.2) is 18.2 Å². The number of ether oxygens (including phenoxy) is 1. The number of carbonyl (C=O) groups excluding carboxylic acids is 2. The third-order valence-corrected chi connectivity index (χ3v) is 5.18. The second-order valence-electron chi connectivity index (χ2n) is 6.37. The Bertz CT molecular complexity index is 613. The highest BCUT2D eigenvalue weighted by atomic mass is 16.5. The topological polar surface area (TPSA) is 78.5 Å². The van der Waals surface area contributed by atoms with Crippen LogP contribution in [0, 0.1) is 30.6 Å². The van der Waals surface area contributed by atoms with Gasteiger partial charge in [0.05, 0.1) is 7.11 Å². The average Bonchev–Trinajstić information content (AvgIpc) is 3.09. The van der Waals surface area contributed by atoms with Crippen LogP contribution in [0.2, 0.25) is 0 Å². The molecule has 5 heteroatoms. The first kappa shape index (κ1) is 14.9. The van der Waals surface area contributed by atoms with E-state index in [1.54, 1.807) is 19.2 Å². The Morgan fingerprint density at radius 3 is 2.50 bits per heavy atom. The molecule has 22 heavy (non-hydrogen) atoms. The van der Waals surface area contributed by atoms with E-state index in [1.165, 1.54) is 0 Å². The van der Waals surface area contributed by atoms with Crippen LogP contribution in [0.25, 0.3) is 0 Å². The van der Waals surface area contributed by atoms with Crippen molar-refractivity contribution in [1.82, 2.24) is 0 Å². The molecule has 5 nitrogen and oxygen atoms in total. The van der Waals surface area contributed by atoms with Crippen molar-refractivity contribution < 1.29 is 19.4 Å². The maximum Gasteiger partial charge on any atom is 0.228 e. The van der Waals surface area contributed by atoms with Gasteiger partial charge in [0.15, 0.2) is 0 Å². The van der Waals surface area contributed by atoms with Gasteiger partial charge < -0.3 is 20.0 Å². The summed E-state index contributed by atoms with van der Waals surface area (Å²) in [6.45, 7) is 1.88. The van der Waals surface area contributed by atoms with Gasteiger partial charge in [-0.2, -0.15) is 0 Å². The van der Waals surface area contributed by atoms with E-state index in [2.05, 4.69) is 5.32 Å². The number of aliphatic carboxylic acids is 1. The molecule has 3 rings (SSSR count). The van der Waals surface area contributed by atoms with Gasteiger partial charge in [-0.15, -0.1) is 0 Å². The van der Waals surface area contributed by atoms with Crippen molar-refractivity contribution in [3.63, 3.8) is 0 Å². The van der Waals surface area contributed by atoms with Gasteiger partial charge in [0, 0.05) is 23.5 Å². The van der Waals surface area contributed by atoms with E-state index in [9.17, 15) is 14.7 Å². The zero-order valence-corrected chi connectivity index (χ0v) is 12.8. The second-order valence-corrected chi connectivity index (χ2v) is 6.37. The van der Waals surface area contributed by atoms with Crippen molar-refractivity contribution in [2.24, 2.45) is 23.7 Å². The first-order chi connectivity index (χ1) is 10.5. The molecule has 1 aromatic rings. The molecular weight excluding hydrogens is 282 g/mol. The van der Waals surface area contributed by atoms with Crippen LogP contribution in [-0.2, 0) is 9.59 Å². The van der Waals surface area contributed by atoms with Gasteiger partial charge in [-0.25, -0.2) is 0 Å². The molecule has 2 aliphatic carbocycles. The SMILES string of the molecule is COc1ccc(NC(=O)[C@@H]2[C@H]3CC[C@@H](C3)[C@@H]2C(=O)[O-])c(C)c1. The quantitative estimate of drug-likeness (QED) is 0.910. The van der Waals surface area contributed by atoms with Gasteiger partial charge in [0.25, 0.3) is 0 Å². The Hall–Kier alpha value is -2.04. The number of carboxylic acids is 1. The molecule has 0 aliphatic heterocycles. The smallest absolute Gasteiger partial charge is 0.228 e. The lowest BCUT2D eigenvalue weighted by Gasteiger charge is -2.30. The highest BCUT2D eigenvalue weighted by Crippen LogP contribution is 2.52. The van der Waals surface area contributed by atoms with Crippen LogP contribution in [0.1, 0.15) is 24.8 Å². The summed E-state index contributed by atoms with van der Waals surface area (Å²) in [5.74, 6) is -1.40. The number of fused-ring (bicyclic) bond motifs is 2. The predicted octanol–water partition coefficient (Wildman–Crippen LogP) is 1.35. The maximum atomic E-state index is 12.6. The third-order valence-electron chi connectivity index (χ3n) is 5.18. The summed E-state index contributed by atoms with van der Waals surface area (Å²) in [5.41, 5.74) is 1.59. The number of carbonyl (C=O) groups is 2. The van der Waals surface area contributed by atoms with Crippen LogP contribution in [0.5, 0.6) is 5.75 Å². The lowest BCUT2D eigenvalue weighted by Crippen LogP contribution is -2.44. The molecule has 0 unspecified atom stereocenters. The Labute approximate surface area is 129 Å². The molecule has 0 radical (unpaired) electrons. The van der Waals surface area contributed by atoms with Crippen molar-refractivity contribution in [2.45, 2.75) is 26.2 Å². The van der Waals surface area contributed by atoms with E-state index in [4.69, 9.17) is 4.74 Å². The van der Waals surface area contributed by atoms with Crippen LogP contribution in [0.3, 0.4) is 0 Å². The molecule has 4 atom stereocenters. The molecule has 2 fully saturated rings. The fraction of sp³-hybridized carbons (Fsp3) is 0.529. The van der Waals surface area contributed by atoms with Crippen molar-refractivity contribution in [3.8, 4) is 5.75 Å². The van der Waals surface area contributed by atoms with Crippen LogP contribution >= 0.6 is 0 Å². The summed E-state index contributed by atoms with van der Waals surface area (Å²) >= 11 is 0. The Morgan fingerprint density at radius 1 is 1.23 bits per heavy atom. The number of aryl methyl sites for hydroxylation is 1. The van der Waals surface area contributed by atoms with Gasteiger partial charge in [-0.3, -0.25) is 4.79 Å². The average molecular weight is 302 g/mol. The second kappa shape index (κ2) is 5.63. The van der Waals surface area contributed by atoms with E-state index in [-0.39, 0.29) is 17.7 Å². The van der Waals surface area contributed by atoms with Crippen molar-refractivity contribution in [2.75, 3.05) is 12.4 Å². The number of hydrogen-bond acceptors (Lipinski definition) is 4. The molecule has 0 saturated heterocycles. The number of nitrogens with one attached hydrogen (secondary N) is 1. The number of carboxylic acid groups (broad SMARTS) is 1. The molecule has 1 amide bonds. The number of anilines is 1. The molecule has 0 spiro atoms. The zero-order valence-electron chi connectivity index (χ0n) is 12.8. The van der Waals surface area contributed by atoms with Gasteiger partial charge in [0.1, 0.15) is 5.75 Å². The molecule has 0 heterocycles. The normalized spacial score (nSPS) is 29.4. The van der Waals surface area contributed by atoms with E-state index >= 15 is 0 Å². The number of benzene rings is 1. The number of hydrogen-bond donors (Lipinski definition) is 1. The van der Waals surface area contributed by atoms with E-state index in [0.717, 1.165) is 30.6 Å². The Morgan fingerprint density at radius 2 is 1.91 bits per heavy atom. The molecular formula is C17H20NO4-. The van der Waals surface area contributed by atoms with Gasteiger partial charge in [-0.05, 0) is 61.8 Å². The van der Waals surface area contributed by atoms with E-state index < -0.39 is 17.8 Å². The van der Waals surface area contributed by atoms with Gasteiger partial charge >= 0.3 is 0 Å². The summed E-state index contributed by atoms with van der Waals surface area (Å²) in [5, 5.41) is 14.3. The molecule has 1 N–H and O–H groups in total. The summed E-state index contributed by atoms with van der Waals surface area (Å²) in [6.07, 6.45) is 2.67. The van der Waals surface area contributed by atoms with Crippen LogP contribution in [-0.4, -0.2) is 19.0 Å². The summed E-state index contributed by atoms with van der Waals surface area (Å²) in [6, 6.07) is 5.40. The fourth-order valence-corrected chi connectivity index (χ4v) is 4.13. The van der Waals surface area contributed by atoms with Gasteiger partial charge in [-0.1, -0.05) is 0 Å². The van der Waals surface area contributed by atoms with Crippen molar-refractivity contribution in [3.05, 3.63) is 23.8 Å². The van der Waals surface area contributed by atoms with Crippen molar-refractivity contribution in [1.29, 1.82) is 0 Å². The fourth-order valence-electron chi connectivity index (χ4n) is 4.13. The lowest BCUT2D eigenvalue weighted by atomic mass is 9.78. The molecule has 0 aromatic heterocycles. The number of amides is 1. The van der Waals surface area contributed by atoms with Crippen LogP contribution < -0.4 is 15.2 Å². The molecule has 2 saturated carbocycles. The van der Waals surface area contributed by atoms with E-state index in [1.807, 2.05) is 13.0 Å². The van der Waals surface area contributed by atoms with E-state index in [0.29, 0.717) is 5.69 Å². The minimum Gasteiger partial charge on any atom is -0.550 e. The van der Waals surface area contributed by atoms with Gasteiger partial charge in [0.2, 0.25) is 5.91 Å². The highest BCUT2D eigenvalue weighted by molar-refractivity contribution is 5.96.